The van der Waals surface area contributed by atoms with Gasteiger partial charge in [0.05, 0.1) is 0 Å². The Labute approximate surface area is 174 Å². The van der Waals surface area contributed by atoms with Crippen molar-refractivity contribution in [3.63, 3.8) is 0 Å². The van der Waals surface area contributed by atoms with Crippen LogP contribution in [0.3, 0.4) is 0 Å². The zero-order valence-corrected chi connectivity index (χ0v) is 16.6. The van der Waals surface area contributed by atoms with Crippen LogP contribution in [0.15, 0.2) is 48.7 Å². The molecule has 2 aromatic carbocycles. The monoisotopic (exact) mass is 408 g/mol. The Balaban J connectivity index is 1.15. The molecule has 0 fully saturated rings. The molecule has 2 N–H and O–H groups in total. The van der Waals surface area contributed by atoms with E-state index in [1.807, 2.05) is 48.7 Å². The molecule has 0 saturated heterocycles. The number of rotatable bonds is 8. The first-order valence-electron chi connectivity index (χ1n) is 10.0. The van der Waals surface area contributed by atoms with Gasteiger partial charge in [-0.05, 0) is 42.2 Å². The van der Waals surface area contributed by atoms with Gasteiger partial charge in [0.1, 0.15) is 13.2 Å². The largest absolute Gasteiger partial charge is 0.486 e. The maximum Gasteiger partial charge on any atom is 0.306 e. The van der Waals surface area contributed by atoms with E-state index in [0.29, 0.717) is 32.6 Å². The number of hydrogen-bond donors (Lipinski definition) is 2. The van der Waals surface area contributed by atoms with Crippen molar-refractivity contribution in [2.45, 2.75) is 19.3 Å². The predicted molar refractivity (Wildman–Crippen MR) is 112 cm³/mol. The van der Waals surface area contributed by atoms with E-state index < -0.39 is 0 Å². The van der Waals surface area contributed by atoms with Crippen molar-refractivity contribution in [1.82, 2.24) is 10.3 Å². The Morgan fingerprint density at radius 3 is 2.77 bits per heavy atom. The van der Waals surface area contributed by atoms with Gasteiger partial charge in [0.15, 0.2) is 18.1 Å². The summed E-state index contributed by atoms with van der Waals surface area (Å²) in [7, 11) is 0. The minimum Gasteiger partial charge on any atom is -0.486 e. The smallest absolute Gasteiger partial charge is 0.306 e. The van der Waals surface area contributed by atoms with Crippen LogP contribution in [0.5, 0.6) is 11.5 Å². The van der Waals surface area contributed by atoms with Crippen LogP contribution in [0.4, 0.5) is 0 Å². The molecule has 4 rings (SSSR count). The van der Waals surface area contributed by atoms with E-state index in [4.69, 9.17) is 14.2 Å². The van der Waals surface area contributed by atoms with E-state index in [-0.39, 0.29) is 24.9 Å². The summed E-state index contributed by atoms with van der Waals surface area (Å²) in [6.07, 6.45) is 3.35. The van der Waals surface area contributed by atoms with E-state index in [1.165, 1.54) is 0 Å². The molecular weight excluding hydrogens is 384 g/mol. The molecule has 1 aliphatic rings. The van der Waals surface area contributed by atoms with Gasteiger partial charge in [-0.1, -0.05) is 24.3 Å². The molecule has 30 heavy (non-hydrogen) atoms. The number of amides is 1. The Morgan fingerprint density at radius 1 is 1.03 bits per heavy atom. The lowest BCUT2D eigenvalue weighted by molar-refractivity contribution is -0.148. The van der Waals surface area contributed by atoms with Gasteiger partial charge in [0.2, 0.25) is 0 Å². The lowest BCUT2D eigenvalue weighted by atomic mass is 10.1. The number of esters is 1. The Kier molecular flexibility index (Phi) is 6.17. The molecule has 0 atom stereocenters. The van der Waals surface area contributed by atoms with Gasteiger partial charge in [-0.25, -0.2) is 0 Å². The molecule has 3 aromatic rings. The molecule has 2 heterocycles. The molecule has 1 aliphatic heterocycles. The third kappa shape index (κ3) is 4.92. The first kappa shape index (κ1) is 19.8. The van der Waals surface area contributed by atoms with E-state index in [9.17, 15) is 9.59 Å². The maximum absolute atomic E-state index is 12.0. The highest BCUT2D eigenvalue weighted by Gasteiger charge is 2.12. The number of aromatic amines is 1. The summed E-state index contributed by atoms with van der Waals surface area (Å²) < 4.78 is 16.1. The standard InChI is InChI=1S/C23H24N2O5/c26-22(24-10-9-16-5-7-20-21(13-16)29-12-11-28-20)15-30-23(27)8-6-17-14-25-19-4-2-1-3-18(17)19/h1-5,7,13-14,25H,6,8-12,15H2,(H,24,26). The highest BCUT2D eigenvalue weighted by Crippen LogP contribution is 2.30. The van der Waals surface area contributed by atoms with E-state index >= 15 is 0 Å². The number of para-hydroxylation sites is 1. The van der Waals surface area contributed by atoms with Crippen molar-refractivity contribution in [1.29, 1.82) is 0 Å². The number of carbonyl (C=O) groups excluding carboxylic acids is 2. The minimum atomic E-state index is -0.387. The SMILES string of the molecule is O=C(COC(=O)CCc1c[nH]c2ccccc12)NCCc1ccc2c(c1)OCCO2. The summed E-state index contributed by atoms with van der Waals surface area (Å²) >= 11 is 0. The number of ether oxygens (including phenoxy) is 3. The van der Waals surface area contributed by atoms with Gasteiger partial charge in [-0.2, -0.15) is 0 Å². The topological polar surface area (TPSA) is 89.7 Å². The average molecular weight is 408 g/mol. The molecule has 7 heteroatoms. The fraction of sp³-hybridized carbons (Fsp3) is 0.304. The zero-order chi connectivity index (χ0) is 20.8. The molecule has 1 amide bonds. The average Bonchev–Trinajstić information content (AvgIpc) is 3.19. The van der Waals surface area contributed by atoms with Crippen molar-refractivity contribution in [2.75, 3.05) is 26.4 Å². The van der Waals surface area contributed by atoms with Crippen LogP contribution in [-0.4, -0.2) is 43.2 Å². The summed E-state index contributed by atoms with van der Waals surface area (Å²) in [5.41, 5.74) is 3.14. The highest BCUT2D eigenvalue weighted by molar-refractivity contribution is 5.84. The van der Waals surface area contributed by atoms with Crippen molar-refractivity contribution in [3.8, 4) is 11.5 Å². The van der Waals surface area contributed by atoms with Crippen LogP contribution < -0.4 is 14.8 Å². The number of hydrogen-bond acceptors (Lipinski definition) is 5. The fourth-order valence-corrected chi connectivity index (χ4v) is 3.43. The number of nitrogens with one attached hydrogen (secondary N) is 2. The van der Waals surface area contributed by atoms with Crippen molar-refractivity contribution >= 4 is 22.8 Å². The Morgan fingerprint density at radius 2 is 1.87 bits per heavy atom. The second-order valence-corrected chi connectivity index (χ2v) is 7.10. The number of carbonyl (C=O) groups is 2. The van der Waals surface area contributed by atoms with Crippen LogP contribution in [-0.2, 0) is 27.2 Å². The summed E-state index contributed by atoms with van der Waals surface area (Å²) in [5, 5.41) is 3.87. The Bertz CT molecular complexity index is 1040. The van der Waals surface area contributed by atoms with Gasteiger partial charge in [0, 0.05) is 30.1 Å². The summed E-state index contributed by atoms with van der Waals surface area (Å²) in [6.45, 7) is 1.28. The second kappa shape index (κ2) is 9.35. The van der Waals surface area contributed by atoms with E-state index in [1.54, 1.807) is 0 Å². The molecule has 156 valence electrons. The number of benzene rings is 2. The van der Waals surface area contributed by atoms with Crippen LogP contribution in [0, 0.1) is 0 Å². The normalized spacial score (nSPS) is 12.5. The second-order valence-electron chi connectivity index (χ2n) is 7.10. The molecule has 0 radical (unpaired) electrons. The lowest BCUT2D eigenvalue weighted by Crippen LogP contribution is -2.30. The third-order valence-electron chi connectivity index (χ3n) is 4.98. The summed E-state index contributed by atoms with van der Waals surface area (Å²) in [4.78, 5) is 27.1. The quantitative estimate of drug-likeness (QED) is 0.560. The maximum atomic E-state index is 12.0. The van der Waals surface area contributed by atoms with Gasteiger partial charge in [0.25, 0.3) is 5.91 Å². The van der Waals surface area contributed by atoms with Gasteiger partial charge >= 0.3 is 5.97 Å². The molecule has 1 aromatic heterocycles. The van der Waals surface area contributed by atoms with E-state index in [0.717, 1.165) is 33.5 Å². The van der Waals surface area contributed by atoms with Crippen molar-refractivity contribution in [3.05, 3.63) is 59.8 Å². The van der Waals surface area contributed by atoms with Crippen LogP contribution >= 0.6 is 0 Å². The lowest BCUT2D eigenvalue weighted by Gasteiger charge is -2.18. The predicted octanol–water partition coefficient (Wildman–Crippen LogP) is 2.77. The van der Waals surface area contributed by atoms with Gasteiger partial charge in [-0.3, -0.25) is 9.59 Å². The fourth-order valence-electron chi connectivity index (χ4n) is 3.43. The number of aromatic nitrogens is 1. The van der Waals surface area contributed by atoms with Crippen LogP contribution in [0.1, 0.15) is 17.5 Å². The molecule has 0 unspecified atom stereocenters. The molecular formula is C23H24N2O5. The van der Waals surface area contributed by atoms with Crippen LogP contribution in [0.25, 0.3) is 10.9 Å². The number of fused-ring (bicyclic) bond motifs is 2. The summed E-state index contributed by atoms with van der Waals surface area (Å²) in [6, 6.07) is 13.7. The molecule has 0 spiro atoms. The molecule has 0 saturated carbocycles. The zero-order valence-electron chi connectivity index (χ0n) is 16.6. The highest BCUT2D eigenvalue weighted by atomic mass is 16.6. The summed E-state index contributed by atoms with van der Waals surface area (Å²) in [5.74, 6) is 0.776. The van der Waals surface area contributed by atoms with Crippen molar-refractivity contribution in [2.24, 2.45) is 0 Å². The minimum absolute atomic E-state index is 0.228. The molecule has 7 nitrogen and oxygen atoms in total. The first-order chi connectivity index (χ1) is 14.7. The first-order valence-corrected chi connectivity index (χ1v) is 10.0. The van der Waals surface area contributed by atoms with E-state index in [2.05, 4.69) is 10.3 Å². The van der Waals surface area contributed by atoms with Crippen molar-refractivity contribution < 1.29 is 23.8 Å². The van der Waals surface area contributed by atoms with Gasteiger partial charge < -0.3 is 24.5 Å². The Hall–Kier alpha value is -3.48. The number of aryl methyl sites for hydroxylation is 1. The molecule has 0 aliphatic carbocycles. The van der Waals surface area contributed by atoms with Crippen LogP contribution in [0.2, 0.25) is 0 Å². The third-order valence-corrected chi connectivity index (χ3v) is 4.98. The van der Waals surface area contributed by atoms with Gasteiger partial charge in [-0.15, -0.1) is 0 Å². The number of H-pyrrole nitrogens is 1. The molecule has 0 bridgehead atoms.